The fraction of sp³-hybridized carbons (Fsp3) is 0.176. The molecule has 2 aromatic carbocycles. The number of Topliss-reactive ketones (excluding diaryl/α,β-unsaturated/α-hetero) is 1. The zero-order chi connectivity index (χ0) is 17.0. The summed E-state index contributed by atoms with van der Waals surface area (Å²) in [6, 6.07) is 8.66. The molecule has 120 valence electrons. The van der Waals surface area contributed by atoms with Gasteiger partial charge in [0, 0.05) is 30.5 Å². The Morgan fingerprint density at radius 1 is 1.00 bits per heavy atom. The molecule has 0 unspecified atom stereocenters. The molecule has 0 aliphatic heterocycles. The van der Waals surface area contributed by atoms with E-state index in [4.69, 9.17) is 0 Å². The van der Waals surface area contributed by atoms with E-state index in [-0.39, 0.29) is 41.4 Å². The Kier molecular flexibility index (Phi) is 4.85. The number of aromatic hydroxyl groups is 3. The molecule has 0 amide bonds. The molecule has 0 aliphatic carbocycles. The average Bonchev–Trinajstić information content (AvgIpc) is 2.50. The van der Waals surface area contributed by atoms with Gasteiger partial charge in [0.1, 0.15) is 23.0 Å². The van der Waals surface area contributed by atoms with Crippen molar-refractivity contribution in [1.29, 1.82) is 0 Å². The summed E-state index contributed by atoms with van der Waals surface area (Å²) in [7, 11) is 1.26. The molecule has 0 saturated heterocycles. The number of esters is 1. The van der Waals surface area contributed by atoms with E-state index in [0.717, 1.165) is 12.1 Å². The smallest absolute Gasteiger partial charge is 0.338 e. The van der Waals surface area contributed by atoms with Gasteiger partial charge in [-0.3, -0.25) is 4.79 Å². The third-order valence-corrected chi connectivity index (χ3v) is 3.37. The minimum absolute atomic E-state index is 0.0309. The molecule has 2 rings (SSSR count). The molecule has 6 heteroatoms. The van der Waals surface area contributed by atoms with E-state index in [9.17, 15) is 24.9 Å². The number of ether oxygens (including phenoxy) is 1. The first kappa shape index (κ1) is 16.4. The van der Waals surface area contributed by atoms with Gasteiger partial charge in [0.2, 0.25) is 0 Å². The number of ketones is 1. The monoisotopic (exact) mass is 316 g/mol. The predicted molar refractivity (Wildman–Crippen MR) is 81.6 cm³/mol. The van der Waals surface area contributed by atoms with Gasteiger partial charge < -0.3 is 20.1 Å². The van der Waals surface area contributed by atoms with E-state index in [1.165, 1.54) is 7.11 Å². The van der Waals surface area contributed by atoms with Crippen LogP contribution in [0.4, 0.5) is 0 Å². The molecular weight excluding hydrogens is 300 g/mol. The summed E-state index contributed by atoms with van der Waals surface area (Å²) in [4.78, 5) is 23.9. The molecule has 2 aromatic rings. The third-order valence-electron chi connectivity index (χ3n) is 3.37. The highest BCUT2D eigenvalue weighted by Gasteiger charge is 2.17. The lowest BCUT2D eigenvalue weighted by Gasteiger charge is -2.09. The Balaban J connectivity index is 2.20. The van der Waals surface area contributed by atoms with Gasteiger partial charge in [-0.25, -0.2) is 4.79 Å². The van der Waals surface area contributed by atoms with E-state index in [2.05, 4.69) is 4.74 Å². The molecule has 6 nitrogen and oxygen atoms in total. The van der Waals surface area contributed by atoms with E-state index in [1.54, 1.807) is 24.3 Å². The van der Waals surface area contributed by atoms with Crippen LogP contribution in [0.5, 0.6) is 17.2 Å². The minimum atomic E-state index is -0.538. The van der Waals surface area contributed by atoms with E-state index in [0.29, 0.717) is 11.1 Å². The number of phenolic OH excluding ortho intramolecular Hbond substituents is 3. The Morgan fingerprint density at radius 2 is 1.61 bits per heavy atom. The molecule has 0 aromatic heterocycles. The summed E-state index contributed by atoms with van der Waals surface area (Å²) in [5.41, 5.74) is 0.827. The van der Waals surface area contributed by atoms with Gasteiger partial charge in [0.25, 0.3) is 0 Å². The van der Waals surface area contributed by atoms with E-state index < -0.39 is 5.97 Å². The fourth-order valence-corrected chi connectivity index (χ4v) is 2.26. The zero-order valence-electron chi connectivity index (χ0n) is 12.4. The van der Waals surface area contributed by atoms with Crippen molar-refractivity contribution in [2.75, 3.05) is 7.11 Å². The largest absolute Gasteiger partial charge is 0.508 e. The Labute approximate surface area is 132 Å². The van der Waals surface area contributed by atoms with Gasteiger partial charge in [0.15, 0.2) is 0 Å². The number of hydrogen-bond donors (Lipinski definition) is 3. The number of hydrogen-bond acceptors (Lipinski definition) is 6. The van der Waals surface area contributed by atoms with Crippen molar-refractivity contribution in [3.05, 3.63) is 53.1 Å². The molecule has 0 heterocycles. The first-order valence-electron chi connectivity index (χ1n) is 6.84. The van der Waals surface area contributed by atoms with Gasteiger partial charge in [-0.15, -0.1) is 0 Å². The normalized spacial score (nSPS) is 10.3. The van der Waals surface area contributed by atoms with E-state index in [1.807, 2.05) is 0 Å². The highest BCUT2D eigenvalue weighted by molar-refractivity contribution is 5.93. The van der Waals surface area contributed by atoms with Crippen LogP contribution in [0.15, 0.2) is 36.4 Å². The van der Waals surface area contributed by atoms with Crippen LogP contribution < -0.4 is 0 Å². The second-order valence-electron chi connectivity index (χ2n) is 5.00. The van der Waals surface area contributed by atoms with Crippen molar-refractivity contribution in [3.8, 4) is 17.2 Å². The van der Waals surface area contributed by atoms with Crippen LogP contribution in [0.1, 0.15) is 21.5 Å². The van der Waals surface area contributed by atoms with E-state index >= 15 is 0 Å². The van der Waals surface area contributed by atoms with Crippen molar-refractivity contribution in [3.63, 3.8) is 0 Å². The second kappa shape index (κ2) is 6.83. The topological polar surface area (TPSA) is 104 Å². The SMILES string of the molecule is COC(=O)c1ccccc1CC(=O)Cc1c(O)cc(O)cc1O. The van der Waals surface area contributed by atoms with Crippen molar-refractivity contribution >= 4 is 11.8 Å². The first-order valence-corrected chi connectivity index (χ1v) is 6.84. The predicted octanol–water partition coefficient (Wildman–Crippen LogP) is 1.94. The number of methoxy groups -OCH3 is 1. The van der Waals surface area contributed by atoms with Crippen LogP contribution in [0.25, 0.3) is 0 Å². The van der Waals surface area contributed by atoms with Crippen LogP contribution in [-0.2, 0) is 22.4 Å². The van der Waals surface area contributed by atoms with Crippen LogP contribution in [-0.4, -0.2) is 34.2 Å². The average molecular weight is 316 g/mol. The van der Waals surface area contributed by atoms with Gasteiger partial charge in [-0.05, 0) is 11.6 Å². The molecular formula is C17H16O6. The third kappa shape index (κ3) is 3.79. The maximum atomic E-state index is 12.2. The van der Waals surface area contributed by atoms with Crippen LogP contribution in [0, 0.1) is 0 Å². The van der Waals surface area contributed by atoms with Crippen LogP contribution in [0.2, 0.25) is 0 Å². The van der Waals surface area contributed by atoms with Crippen molar-refractivity contribution in [2.24, 2.45) is 0 Å². The van der Waals surface area contributed by atoms with Crippen molar-refractivity contribution in [1.82, 2.24) is 0 Å². The molecule has 23 heavy (non-hydrogen) atoms. The Hall–Kier alpha value is -3.02. The number of phenols is 3. The van der Waals surface area contributed by atoms with Crippen molar-refractivity contribution < 1.29 is 29.6 Å². The first-order chi connectivity index (χ1) is 10.9. The van der Waals surface area contributed by atoms with Gasteiger partial charge in [0.05, 0.1) is 12.7 Å². The van der Waals surface area contributed by atoms with Gasteiger partial charge in [-0.2, -0.15) is 0 Å². The summed E-state index contributed by atoms with van der Waals surface area (Å²) in [5, 5.41) is 28.7. The summed E-state index contributed by atoms with van der Waals surface area (Å²) in [5.74, 6) is -1.87. The molecule has 0 radical (unpaired) electrons. The fourth-order valence-electron chi connectivity index (χ4n) is 2.26. The Morgan fingerprint density at radius 3 is 2.22 bits per heavy atom. The highest BCUT2D eigenvalue weighted by atomic mass is 16.5. The second-order valence-corrected chi connectivity index (χ2v) is 5.00. The number of carbonyl (C=O) groups is 2. The lowest BCUT2D eigenvalue weighted by molar-refractivity contribution is -0.117. The lowest BCUT2D eigenvalue weighted by Crippen LogP contribution is -2.12. The molecule has 0 spiro atoms. The van der Waals surface area contributed by atoms with Gasteiger partial charge in [-0.1, -0.05) is 18.2 Å². The quantitative estimate of drug-likeness (QED) is 0.728. The minimum Gasteiger partial charge on any atom is -0.508 e. The summed E-state index contributed by atoms with van der Waals surface area (Å²) in [6.45, 7) is 0. The summed E-state index contributed by atoms with van der Waals surface area (Å²) >= 11 is 0. The standard InChI is InChI=1S/C17H16O6/c1-23-17(22)13-5-3-2-4-10(13)6-11(18)7-14-15(20)8-12(19)9-16(14)21/h2-5,8-9,19-21H,6-7H2,1H3. The molecule has 0 aliphatic rings. The molecule has 0 fully saturated rings. The lowest BCUT2D eigenvalue weighted by atomic mass is 9.98. The molecule has 0 saturated carbocycles. The number of rotatable bonds is 5. The zero-order valence-corrected chi connectivity index (χ0v) is 12.4. The van der Waals surface area contributed by atoms with Crippen LogP contribution in [0.3, 0.4) is 0 Å². The molecule has 0 atom stereocenters. The maximum absolute atomic E-state index is 12.2. The van der Waals surface area contributed by atoms with Crippen molar-refractivity contribution in [2.45, 2.75) is 12.8 Å². The Bertz CT molecular complexity index is 727. The maximum Gasteiger partial charge on any atom is 0.338 e. The number of carbonyl (C=O) groups excluding carboxylic acids is 2. The highest BCUT2D eigenvalue weighted by Crippen LogP contribution is 2.32. The number of benzene rings is 2. The van der Waals surface area contributed by atoms with Crippen LogP contribution >= 0.6 is 0 Å². The summed E-state index contributed by atoms with van der Waals surface area (Å²) < 4.78 is 4.67. The molecule has 0 bridgehead atoms. The molecule has 3 N–H and O–H groups in total. The van der Waals surface area contributed by atoms with Gasteiger partial charge >= 0.3 is 5.97 Å². The summed E-state index contributed by atoms with van der Waals surface area (Å²) in [6.07, 6.45) is -0.279.